The van der Waals surface area contributed by atoms with Gasteiger partial charge in [0.1, 0.15) is 0 Å². The minimum absolute atomic E-state index is 0.00221. The minimum atomic E-state index is 0.00221. The lowest BCUT2D eigenvalue weighted by molar-refractivity contribution is -0.116. The van der Waals surface area contributed by atoms with Crippen molar-refractivity contribution in [3.63, 3.8) is 0 Å². The van der Waals surface area contributed by atoms with Gasteiger partial charge in [-0.15, -0.1) is 0 Å². The number of rotatable bonds is 5. The first-order valence-electron chi connectivity index (χ1n) is 6.76. The van der Waals surface area contributed by atoms with Crippen molar-refractivity contribution in [1.82, 2.24) is 10.1 Å². The molecule has 20 heavy (non-hydrogen) atoms. The molecule has 0 aliphatic rings. The lowest BCUT2D eigenvalue weighted by atomic mass is 10.1. The quantitative estimate of drug-likeness (QED) is 0.906. The molecule has 1 amide bonds. The van der Waals surface area contributed by atoms with Gasteiger partial charge in [0.05, 0.1) is 11.3 Å². The summed E-state index contributed by atoms with van der Waals surface area (Å²) in [6.45, 7) is 5.96. The standard InChI is InChI=1S/C15H19N3O2/c1-10(2)8-9-14(19)17-13-7-5-4-6-12(13)15-16-11(3)18-20-15/h4-7,10H,8-9H2,1-3H3,(H,17,19). The minimum Gasteiger partial charge on any atom is -0.334 e. The number of carbonyl (C=O) groups excluding carboxylic acids is 1. The molecule has 2 aromatic rings. The Balaban J connectivity index is 2.14. The zero-order chi connectivity index (χ0) is 14.5. The van der Waals surface area contributed by atoms with Crippen molar-refractivity contribution >= 4 is 11.6 Å². The second kappa shape index (κ2) is 6.32. The van der Waals surface area contributed by atoms with E-state index >= 15 is 0 Å². The number of nitrogens with zero attached hydrogens (tertiary/aromatic N) is 2. The number of benzene rings is 1. The van der Waals surface area contributed by atoms with Crippen molar-refractivity contribution in [1.29, 1.82) is 0 Å². The van der Waals surface area contributed by atoms with E-state index in [1.807, 2.05) is 24.3 Å². The van der Waals surface area contributed by atoms with Crippen LogP contribution < -0.4 is 5.32 Å². The topological polar surface area (TPSA) is 68.0 Å². The third-order valence-corrected chi connectivity index (χ3v) is 2.91. The molecule has 5 heteroatoms. The van der Waals surface area contributed by atoms with Gasteiger partial charge < -0.3 is 9.84 Å². The molecule has 0 saturated carbocycles. The molecule has 106 valence electrons. The molecule has 1 heterocycles. The van der Waals surface area contributed by atoms with Gasteiger partial charge in [-0.25, -0.2) is 0 Å². The van der Waals surface area contributed by atoms with E-state index in [9.17, 15) is 4.79 Å². The van der Waals surface area contributed by atoms with Crippen LogP contribution in [0.3, 0.4) is 0 Å². The Morgan fingerprint density at radius 3 is 2.75 bits per heavy atom. The number of aryl methyl sites for hydroxylation is 1. The van der Waals surface area contributed by atoms with Crippen LogP contribution in [-0.2, 0) is 4.79 Å². The summed E-state index contributed by atoms with van der Waals surface area (Å²) in [6, 6.07) is 7.43. The van der Waals surface area contributed by atoms with Crippen LogP contribution in [0, 0.1) is 12.8 Å². The van der Waals surface area contributed by atoms with E-state index < -0.39 is 0 Å². The lowest BCUT2D eigenvalue weighted by Gasteiger charge is -2.09. The van der Waals surface area contributed by atoms with Gasteiger partial charge >= 0.3 is 0 Å². The van der Waals surface area contributed by atoms with E-state index in [1.54, 1.807) is 6.92 Å². The summed E-state index contributed by atoms with van der Waals surface area (Å²) in [5.41, 5.74) is 1.44. The number of para-hydroxylation sites is 1. The Morgan fingerprint density at radius 1 is 1.35 bits per heavy atom. The molecule has 0 atom stereocenters. The molecule has 0 radical (unpaired) electrons. The number of carbonyl (C=O) groups is 1. The summed E-state index contributed by atoms with van der Waals surface area (Å²) in [5.74, 6) is 1.50. The van der Waals surface area contributed by atoms with Gasteiger partial charge in [0.15, 0.2) is 5.82 Å². The SMILES string of the molecule is Cc1noc(-c2ccccc2NC(=O)CCC(C)C)n1. The first-order valence-corrected chi connectivity index (χ1v) is 6.76. The number of hydrogen-bond donors (Lipinski definition) is 1. The Labute approximate surface area is 118 Å². The van der Waals surface area contributed by atoms with Crippen molar-refractivity contribution in [3.8, 4) is 11.5 Å². The van der Waals surface area contributed by atoms with Crippen LogP contribution in [0.5, 0.6) is 0 Å². The normalized spacial score (nSPS) is 10.8. The van der Waals surface area contributed by atoms with E-state index in [0.717, 1.165) is 12.0 Å². The Kier molecular flexibility index (Phi) is 4.50. The van der Waals surface area contributed by atoms with Crippen molar-refractivity contribution in [2.45, 2.75) is 33.6 Å². The van der Waals surface area contributed by atoms with Crippen LogP contribution in [-0.4, -0.2) is 16.0 Å². The predicted molar refractivity (Wildman–Crippen MR) is 77.2 cm³/mol. The van der Waals surface area contributed by atoms with E-state index in [4.69, 9.17) is 4.52 Å². The molecule has 1 N–H and O–H groups in total. The molecule has 0 spiro atoms. The highest BCUT2D eigenvalue weighted by Gasteiger charge is 2.13. The zero-order valence-electron chi connectivity index (χ0n) is 12.0. The molecule has 0 fully saturated rings. The van der Waals surface area contributed by atoms with Gasteiger partial charge in [-0.3, -0.25) is 4.79 Å². The van der Waals surface area contributed by atoms with Crippen LogP contribution in [0.4, 0.5) is 5.69 Å². The second-order valence-corrected chi connectivity index (χ2v) is 5.17. The first kappa shape index (κ1) is 14.2. The Morgan fingerprint density at radius 2 is 2.10 bits per heavy atom. The van der Waals surface area contributed by atoms with Gasteiger partial charge in [0, 0.05) is 6.42 Å². The smallest absolute Gasteiger partial charge is 0.260 e. The zero-order valence-corrected chi connectivity index (χ0v) is 12.0. The summed E-state index contributed by atoms with van der Waals surface area (Å²) in [5, 5.41) is 6.68. The second-order valence-electron chi connectivity index (χ2n) is 5.17. The van der Waals surface area contributed by atoms with Crippen LogP contribution >= 0.6 is 0 Å². The summed E-state index contributed by atoms with van der Waals surface area (Å²) in [6.07, 6.45) is 1.38. The Hall–Kier alpha value is -2.17. The molecule has 0 bridgehead atoms. The molecule has 0 aliphatic heterocycles. The van der Waals surface area contributed by atoms with Gasteiger partial charge in [-0.2, -0.15) is 4.98 Å². The van der Waals surface area contributed by atoms with E-state index in [2.05, 4.69) is 29.3 Å². The maximum Gasteiger partial charge on any atom is 0.260 e. The maximum absolute atomic E-state index is 11.9. The summed E-state index contributed by atoms with van der Waals surface area (Å²) >= 11 is 0. The Bertz CT molecular complexity index is 590. The maximum atomic E-state index is 11.9. The number of aromatic nitrogens is 2. The molecule has 0 aliphatic carbocycles. The molecule has 1 aromatic carbocycles. The molecular weight excluding hydrogens is 254 g/mol. The highest BCUT2D eigenvalue weighted by molar-refractivity contribution is 5.94. The van der Waals surface area contributed by atoms with E-state index in [1.165, 1.54) is 0 Å². The third-order valence-electron chi connectivity index (χ3n) is 2.91. The largest absolute Gasteiger partial charge is 0.334 e. The summed E-state index contributed by atoms with van der Waals surface area (Å²) < 4.78 is 5.16. The van der Waals surface area contributed by atoms with E-state index in [-0.39, 0.29) is 5.91 Å². The number of nitrogens with one attached hydrogen (secondary N) is 1. The average molecular weight is 273 g/mol. The number of anilines is 1. The third kappa shape index (κ3) is 3.66. The fourth-order valence-electron chi connectivity index (χ4n) is 1.82. The van der Waals surface area contributed by atoms with Gasteiger partial charge in [0.2, 0.25) is 5.91 Å². The van der Waals surface area contributed by atoms with Crippen molar-refractivity contribution in [3.05, 3.63) is 30.1 Å². The van der Waals surface area contributed by atoms with E-state index in [0.29, 0.717) is 29.7 Å². The van der Waals surface area contributed by atoms with Crippen LogP contribution in [0.1, 0.15) is 32.5 Å². The summed E-state index contributed by atoms with van der Waals surface area (Å²) in [4.78, 5) is 16.1. The lowest BCUT2D eigenvalue weighted by Crippen LogP contribution is -2.12. The molecule has 0 saturated heterocycles. The van der Waals surface area contributed by atoms with Crippen molar-refractivity contribution in [2.75, 3.05) is 5.32 Å². The highest BCUT2D eigenvalue weighted by Crippen LogP contribution is 2.26. The molecular formula is C15H19N3O2. The van der Waals surface area contributed by atoms with Crippen LogP contribution in [0.25, 0.3) is 11.5 Å². The molecule has 1 aromatic heterocycles. The fraction of sp³-hybridized carbons (Fsp3) is 0.400. The van der Waals surface area contributed by atoms with Gasteiger partial charge in [-0.05, 0) is 31.4 Å². The molecule has 2 rings (SSSR count). The molecule has 5 nitrogen and oxygen atoms in total. The summed E-state index contributed by atoms with van der Waals surface area (Å²) in [7, 11) is 0. The van der Waals surface area contributed by atoms with Crippen LogP contribution in [0.2, 0.25) is 0 Å². The molecule has 0 unspecified atom stereocenters. The van der Waals surface area contributed by atoms with Crippen LogP contribution in [0.15, 0.2) is 28.8 Å². The van der Waals surface area contributed by atoms with Crippen molar-refractivity contribution < 1.29 is 9.32 Å². The fourth-order valence-corrected chi connectivity index (χ4v) is 1.82. The van der Waals surface area contributed by atoms with Gasteiger partial charge in [-0.1, -0.05) is 31.1 Å². The van der Waals surface area contributed by atoms with Gasteiger partial charge in [0.25, 0.3) is 5.89 Å². The first-order chi connectivity index (χ1) is 9.56. The number of hydrogen-bond acceptors (Lipinski definition) is 4. The van der Waals surface area contributed by atoms with Crippen molar-refractivity contribution in [2.24, 2.45) is 5.92 Å². The number of amides is 1. The average Bonchev–Trinajstić information content (AvgIpc) is 2.83. The predicted octanol–water partition coefficient (Wildman–Crippen LogP) is 3.42. The monoisotopic (exact) mass is 273 g/mol. The highest BCUT2D eigenvalue weighted by atomic mass is 16.5.